The number of aryl methyl sites for hydroxylation is 1. The van der Waals surface area contributed by atoms with Crippen LogP contribution in [0, 0.1) is 17.3 Å². The Morgan fingerprint density at radius 3 is 2.54 bits per heavy atom. The smallest absolute Gasteiger partial charge is 0.324 e. The van der Waals surface area contributed by atoms with Gasteiger partial charge in [0.1, 0.15) is 18.1 Å². The van der Waals surface area contributed by atoms with Gasteiger partial charge in [-0.1, -0.05) is 64.6 Å². The van der Waals surface area contributed by atoms with Gasteiger partial charge in [0.05, 0.1) is 30.0 Å². The molecule has 0 aliphatic carbocycles. The van der Waals surface area contributed by atoms with E-state index in [4.69, 9.17) is 14.5 Å². The molecule has 348 valence electrons. The summed E-state index contributed by atoms with van der Waals surface area (Å²) in [5, 5.41) is 6.34. The van der Waals surface area contributed by atoms with Gasteiger partial charge in [-0.05, 0) is 85.0 Å². The maximum Gasteiger partial charge on any atom is 0.324 e. The molecule has 1 unspecified atom stereocenters. The van der Waals surface area contributed by atoms with E-state index in [9.17, 15) is 27.6 Å². The van der Waals surface area contributed by atoms with Crippen LogP contribution in [0.1, 0.15) is 76.8 Å². The number of pyridine rings is 1. The third kappa shape index (κ3) is 9.91. The van der Waals surface area contributed by atoms with Crippen molar-refractivity contribution < 1.29 is 37.1 Å². The Balaban J connectivity index is 1.27. The molecule has 3 amide bonds. The molecule has 15 nitrogen and oxygen atoms in total. The fourth-order valence-corrected chi connectivity index (χ4v) is 10.6. The lowest BCUT2D eigenvalue weighted by Crippen LogP contribution is -2.62. The van der Waals surface area contributed by atoms with Crippen LogP contribution in [0.4, 0.5) is 0 Å². The topological polar surface area (TPSA) is 172 Å². The standard InChI is InChI=1S/C49H63N7O8S/c1-10-65(61,62)55-23-20-35(28-55)46(58)54(8)43(30(2)3)45(57)51-40-25-32-14-11-15-33(24-32)34-18-19-41-37(26-34)38(44(53(41)7)36-16-12-21-50-42(36)31(4)63-9)27-49(5,6)29-64-48(60)39-17-13-22-56(52-39)47(40)59/h10-12,14-16,18-19,21,24,26,30-31,35,39-40,43,52H,1,13,17,20,22-23,25,27-29H2,2-9H3,(H,51,57)/t31-,35-,39-,40-,43?/m0/s1. The molecule has 65 heavy (non-hydrogen) atoms. The third-order valence-corrected chi connectivity index (χ3v) is 14.7. The zero-order valence-electron chi connectivity index (χ0n) is 38.8. The Morgan fingerprint density at radius 2 is 1.82 bits per heavy atom. The van der Waals surface area contributed by atoms with Gasteiger partial charge < -0.3 is 24.3 Å². The molecular weight excluding hydrogens is 847 g/mol. The van der Waals surface area contributed by atoms with Crippen LogP contribution in [0.2, 0.25) is 0 Å². The normalized spacial score (nSPS) is 21.7. The predicted octanol–water partition coefficient (Wildman–Crippen LogP) is 5.54. The van der Waals surface area contributed by atoms with Gasteiger partial charge in [0.25, 0.3) is 5.91 Å². The lowest BCUT2D eigenvalue weighted by molar-refractivity contribution is -0.155. The number of amides is 3. The number of hydrogen-bond acceptors (Lipinski definition) is 10. The van der Waals surface area contributed by atoms with Gasteiger partial charge in [-0.3, -0.25) is 29.2 Å². The largest absolute Gasteiger partial charge is 0.464 e. The van der Waals surface area contributed by atoms with Crippen molar-refractivity contribution in [1.82, 2.24) is 34.5 Å². The Hall–Kier alpha value is -5.42. The van der Waals surface area contributed by atoms with Crippen LogP contribution in [-0.2, 0) is 58.6 Å². The van der Waals surface area contributed by atoms with Crippen LogP contribution < -0.4 is 10.7 Å². The number of nitrogens with one attached hydrogen (secondary N) is 2. The van der Waals surface area contributed by atoms with Crippen LogP contribution in [0.3, 0.4) is 0 Å². The molecule has 2 aromatic heterocycles. The van der Waals surface area contributed by atoms with Crippen LogP contribution in [0.25, 0.3) is 33.3 Å². The second kappa shape index (κ2) is 19.2. The molecule has 3 aliphatic heterocycles. The first-order valence-electron chi connectivity index (χ1n) is 22.5. The van der Waals surface area contributed by atoms with Crippen LogP contribution in [0.5, 0.6) is 0 Å². The van der Waals surface area contributed by atoms with E-state index in [2.05, 4.69) is 67.0 Å². The molecule has 6 bridgehead atoms. The third-order valence-electron chi connectivity index (χ3n) is 13.2. The number of esters is 1. The summed E-state index contributed by atoms with van der Waals surface area (Å²) in [6.07, 6.45) is 3.49. The number of hydrazine groups is 1. The van der Waals surface area contributed by atoms with Crippen molar-refractivity contribution in [1.29, 1.82) is 0 Å². The first-order chi connectivity index (χ1) is 30.8. The second-order valence-corrected chi connectivity index (χ2v) is 20.7. The number of benzene rings is 2. The quantitative estimate of drug-likeness (QED) is 0.193. The summed E-state index contributed by atoms with van der Waals surface area (Å²) in [5.74, 6) is -2.79. The maximum absolute atomic E-state index is 14.7. The van der Waals surface area contributed by atoms with E-state index < -0.39 is 57.3 Å². The number of carbonyl (C=O) groups is 4. The van der Waals surface area contributed by atoms with Crippen molar-refractivity contribution >= 4 is 44.6 Å². The molecule has 2 aromatic carbocycles. The summed E-state index contributed by atoms with van der Waals surface area (Å²) < 4.78 is 40.3. The molecule has 0 spiro atoms. The summed E-state index contributed by atoms with van der Waals surface area (Å²) in [6.45, 7) is 13.8. The van der Waals surface area contributed by atoms with Gasteiger partial charge >= 0.3 is 5.97 Å². The van der Waals surface area contributed by atoms with Crippen LogP contribution >= 0.6 is 0 Å². The minimum atomic E-state index is -3.71. The minimum absolute atomic E-state index is 0.0120. The van der Waals surface area contributed by atoms with Crippen molar-refractivity contribution in [2.24, 2.45) is 24.3 Å². The fourth-order valence-electron chi connectivity index (χ4n) is 9.66. The van der Waals surface area contributed by atoms with Gasteiger partial charge in [-0.15, -0.1) is 0 Å². The molecule has 5 heterocycles. The number of ether oxygens (including phenoxy) is 2. The zero-order chi connectivity index (χ0) is 47.0. The number of fused-ring (bicyclic) bond motifs is 6. The number of sulfonamides is 1. The molecule has 7 rings (SSSR count). The second-order valence-electron chi connectivity index (χ2n) is 18.9. The van der Waals surface area contributed by atoms with E-state index in [1.54, 1.807) is 20.4 Å². The van der Waals surface area contributed by atoms with Crippen molar-refractivity contribution in [3.05, 3.63) is 89.6 Å². The molecule has 4 aromatic rings. The van der Waals surface area contributed by atoms with Gasteiger partial charge in [0.15, 0.2) is 0 Å². The number of nitrogens with zero attached hydrogens (tertiary/aromatic N) is 5. The SMILES string of the molecule is C=CS(=O)(=O)N1CC[C@H](C(=O)N(C)C(C(=O)N[C@H]2Cc3cccc(c3)-c3ccc4c(c3)c(c(-c3cccnc3[C@H](C)OC)n4C)CC(C)(C)COC(=O)[C@@H]3CCCN(N3)C2=O)C(C)C)C1. The highest BCUT2D eigenvalue weighted by molar-refractivity contribution is 7.92. The molecule has 2 N–H and O–H groups in total. The summed E-state index contributed by atoms with van der Waals surface area (Å²) in [4.78, 5) is 63.1. The number of methoxy groups -OCH3 is 1. The first kappa shape index (κ1) is 47.5. The molecule has 2 saturated heterocycles. The van der Waals surface area contributed by atoms with Crippen molar-refractivity contribution in [3.8, 4) is 22.4 Å². The van der Waals surface area contributed by atoms with E-state index in [-0.39, 0.29) is 44.0 Å². The zero-order valence-corrected chi connectivity index (χ0v) is 39.6. The van der Waals surface area contributed by atoms with E-state index >= 15 is 0 Å². The number of likely N-dealkylation sites (N-methyl/N-ethyl adjacent to an activating group) is 1. The summed E-state index contributed by atoms with van der Waals surface area (Å²) in [7, 11) is 1.57. The van der Waals surface area contributed by atoms with Crippen molar-refractivity contribution in [3.63, 3.8) is 0 Å². The monoisotopic (exact) mass is 909 g/mol. The van der Waals surface area contributed by atoms with Crippen LogP contribution in [0.15, 0.2) is 72.8 Å². The highest BCUT2D eigenvalue weighted by atomic mass is 32.2. The molecule has 0 saturated carbocycles. The van der Waals surface area contributed by atoms with Crippen molar-refractivity contribution in [2.45, 2.75) is 91.0 Å². The fraction of sp³-hybridized carbons (Fsp3) is 0.490. The lowest BCUT2D eigenvalue weighted by atomic mass is 9.84. The molecule has 16 heteroatoms. The average Bonchev–Trinajstić information content (AvgIpc) is 3.90. The minimum Gasteiger partial charge on any atom is -0.464 e. The number of carbonyl (C=O) groups excluding carboxylic acids is 4. The van der Waals surface area contributed by atoms with Crippen LogP contribution in [-0.4, -0.2) is 114 Å². The summed E-state index contributed by atoms with van der Waals surface area (Å²) >= 11 is 0. The average molecular weight is 910 g/mol. The Bertz CT molecular complexity index is 2590. The molecular formula is C49H63N7O8S. The van der Waals surface area contributed by atoms with Gasteiger partial charge in [-0.25, -0.2) is 13.8 Å². The van der Waals surface area contributed by atoms with E-state index in [1.807, 2.05) is 51.1 Å². The predicted molar refractivity (Wildman–Crippen MR) is 249 cm³/mol. The Morgan fingerprint density at radius 1 is 1.06 bits per heavy atom. The number of hydrogen-bond donors (Lipinski definition) is 2. The number of cyclic esters (lactones) is 1. The Labute approximate surface area is 382 Å². The van der Waals surface area contributed by atoms with Gasteiger partial charge in [0.2, 0.25) is 21.8 Å². The number of rotatable bonds is 10. The number of aromatic nitrogens is 2. The summed E-state index contributed by atoms with van der Waals surface area (Å²) in [6, 6.07) is 15.5. The van der Waals surface area contributed by atoms with Gasteiger partial charge in [0, 0.05) is 80.7 Å². The lowest BCUT2D eigenvalue weighted by Gasteiger charge is -2.37. The highest BCUT2D eigenvalue weighted by Gasteiger charge is 2.41. The first-order valence-corrected chi connectivity index (χ1v) is 24.0. The van der Waals surface area contributed by atoms with Crippen molar-refractivity contribution in [2.75, 3.05) is 40.4 Å². The molecule has 3 aliphatic rings. The van der Waals surface area contributed by atoms with E-state index in [0.717, 1.165) is 55.5 Å². The van der Waals surface area contributed by atoms with E-state index in [0.29, 0.717) is 32.2 Å². The van der Waals surface area contributed by atoms with Gasteiger partial charge in [-0.2, -0.15) is 4.31 Å². The molecule has 0 radical (unpaired) electrons. The summed E-state index contributed by atoms with van der Waals surface area (Å²) in [5.41, 5.74) is 10.2. The highest BCUT2D eigenvalue weighted by Crippen LogP contribution is 2.41. The Kier molecular flexibility index (Phi) is 14.0. The maximum atomic E-state index is 14.7. The van der Waals surface area contributed by atoms with E-state index in [1.165, 1.54) is 14.2 Å². The molecule has 5 atom stereocenters. The molecule has 2 fully saturated rings.